The van der Waals surface area contributed by atoms with Gasteiger partial charge < -0.3 is 0 Å². The number of nitrogens with zero attached hydrogens (tertiary/aromatic N) is 1. The number of sulfonamides is 1. The summed E-state index contributed by atoms with van der Waals surface area (Å²) in [5.74, 6) is -0.841. The van der Waals surface area contributed by atoms with E-state index in [4.69, 9.17) is 11.6 Å². The summed E-state index contributed by atoms with van der Waals surface area (Å²) in [5.41, 5.74) is -1.01. The predicted octanol–water partition coefficient (Wildman–Crippen LogP) is 4.01. The quantitative estimate of drug-likeness (QED) is 0.603. The van der Waals surface area contributed by atoms with Gasteiger partial charge in [0.2, 0.25) is 0 Å². The minimum Gasteiger partial charge on any atom is -0.272 e. The number of nitro groups is 1. The van der Waals surface area contributed by atoms with Crippen molar-refractivity contribution in [2.45, 2.75) is 4.21 Å². The first-order chi connectivity index (χ1) is 9.70. The fourth-order valence-electron chi connectivity index (χ4n) is 1.40. The van der Waals surface area contributed by atoms with Gasteiger partial charge in [-0.05, 0) is 34.1 Å². The molecule has 0 aliphatic heterocycles. The molecule has 112 valence electrons. The van der Waals surface area contributed by atoms with Crippen LogP contribution in [0.25, 0.3) is 0 Å². The van der Waals surface area contributed by atoms with Crippen LogP contribution in [0.1, 0.15) is 0 Å². The number of nitrogens with one attached hydrogen (secondary N) is 1. The lowest BCUT2D eigenvalue weighted by atomic mass is 10.3. The second-order valence-corrected chi connectivity index (χ2v) is 8.40. The van der Waals surface area contributed by atoms with Crippen molar-refractivity contribution in [3.8, 4) is 0 Å². The van der Waals surface area contributed by atoms with Crippen LogP contribution in [0.15, 0.2) is 32.3 Å². The average Bonchev–Trinajstić information content (AvgIpc) is 2.72. The largest absolute Gasteiger partial charge is 0.296 e. The minimum atomic E-state index is -4.06. The number of hydrogen-bond donors (Lipinski definition) is 1. The molecule has 1 N–H and O–H groups in total. The Morgan fingerprint density at radius 2 is 2.05 bits per heavy atom. The highest BCUT2D eigenvalue weighted by Crippen LogP contribution is 2.36. The summed E-state index contributed by atoms with van der Waals surface area (Å²) in [7, 11) is -4.06. The Bertz CT molecular complexity index is 805. The number of benzene rings is 1. The summed E-state index contributed by atoms with van der Waals surface area (Å²) < 4.78 is 39.6. The SMILES string of the molecule is O=[N+]([O-])c1cc(F)ccc1NS(=O)(=O)c1cc(Cl)c(Br)s1. The first-order valence-corrected chi connectivity index (χ1v) is 8.59. The number of rotatable bonds is 4. The molecule has 0 atom stereocenters. The van der Waals surface area contributed by atoms with Gasteiger partial charge >= 0.3 is 0 Å². The molecule has 0 bridgehead atoms. The van der Waals surface area contributed by atoms with Gasteiger partial charge in [-0.25, -0.2) is 12.8 Å². The summed E-state index contributed by atoms with van der Waals surface area (Å²) >= 11 is 9.68. The Balaban J connectivity index is 2.44. The van der Waals surface area contributed by atoms with Gasteiger partial charge in [0.15, 0.2) is 0 Å². The number of thiophene rings is 1. The average molecular weight is 416 g/mol. The third kappa shape index (κ3) is 3.51. The maximum Gasteiger partial charge on any atom is 0.296 e. The van der Waals surface area contributed by atoms with Crippen molar-refractivity contribution in [3.05, 3.63) is 49.0 Å². The number of hydrogen-bond acceptors (Lipinski definition) is 5. The zero-order valence-electron chi connectivity index (χ0n) is 9.84. The molecule has 0 fully saturated rings. The summed E-state index contributed by atoms with van der Waals surface area (Å²) in [6.07, 6.45) is 0. The molecule has 0 spiro atoms. The monoisotopic (exact) mass is 414 g/mol. The molecule has 0 saturated heterocycles. The topological polar surface area (TPSA) is 89.3 Å². The molecule has 21 heavy (non-hydrogen) atoms. The molecular weight excluding hydrogens is 411 g/mol. The van der Waals surface area contributed by atoms with Crippen LogP contribution in [0.5, 0.6) is 0 Å². The molecule has 1 aromatic carbocycles. The van der Waals surface area contributed by atoms with Crippen LogP contribution >= 0.6 is 38.9 Å². The number of nitro benzene ring substituents is 1. The molecule has 0 aliphatic rings. The van der Waals surface area contributed by atoms with Gasteiger partial charge in [-0.2, -0.15) is 0 Å². The fraction of sp³-hybridized carbons (Fsp3) is 0. The Labute approximate surface area is 135 Å². The fourth-order valence-corrected chi connectivity index (χ4v) is 4.87. The number of anilines is 1. The molecule has 2 aromatic rings. The number of halogens is 3. The maximum absolute atomic E-state index is 13.0. The second kappa shape index (κ2) is 5.87. The minimum absolute atomic E-state index is 0.127. The third-order valence-corrected chi connectivity index (χ3v) is 6.60. The molecule has 6 nitrogen and oxygen atoms in total. The molecule has 2 rings (SSSR count). The van der Waals surface area contributed by atoms with E-state index in [1.165, 1.54) is 6.07 Å². The van der Waals surface area contributed by atoms with E-state index < -0.39 is 26.5 Å². The van der Waals surface area contributed by atoms with E-state index in [2.05, 4.69) is 15.9 Å². The standard InChI is InChI=1S/C10H5BrClFN2O4S2/c11-10-6(12)4-9(20-10)21(18,19)14-7-2-1-5(13)3-8(7)15(16)17/h1-4,14H. The third-order valence-electron chi connectivity index (χ3n) is 2.29. The molecule has 0 aliphatic carbocycles. The van der Waals surface area contributed by atoms with E-state index in [1.54, 1.807) is 0 Å². The van der Waals surface area contributed by atoms with E-state index in [0.717, 1.165) is 23.5 Å². The lowest BCUT2D eigenvalue weighted by Gasteiger charge is -2.06. The van der Waals surface area contributed by atoms with Crippen molar-refractivity contribution in [2.24, 2.45) is 0 Å². The highest BCUT2D eigenvalue weighted by atomic mass is 79.9. The van der Waals surface area contributed by atoms with Crippen LogP contribution < -0.4 is 4.72 Å². The van der Waals surface area contributed by atoms with Crippen LogP contribution in [0.2, 0.25) is 5.02 Å². The molecule has 0 saturated carbocycles. The normalized spacial score (nSPS) is 11.4. The van der Waals surface area contributed by atoms with Crippen LogP contribution in [0.4, 0.5) is 15.8 Å². The van der Waals surface area contributed by atoms with Crippen LogP contribution in [-0.2, 0) is 10.0 Å². The van der Waals surface area contributed by atoms with E-state index in [0.29, 0.717) is 9.85 Å². The van der Waals surface area contributed by atoms with Gasteiger partial charge in [0.25, 0.3) is 15.7 Å². The van der Waals surface area contributed by atoms with Gasteiger partial charge in [0.05, 0.1) is 19.8 Å². The van der Waals surface area contributed by atoms with Gasteiger partial charge in [-0.15, -0.1) is 11.3 Å². The van der Waals surface area contributed by atoms with Gasteiger partial charge in [0, 0.05) is 0 Å². The van der Waals surface area contributed by atoms with Crippen molar-refractivity contribution in [2.75, 3.05) is 4.72 Å². The highest BCUT2D eigenvalue weighted by molar-refractivity contribution is 9.11. The first kappa shape index (κ1) is 16.1. The molecule has 0 radical (unpaired) electrons. The zero-order chi connectivity index (χ0) is 15.8. The van der Waals surface area contributed by atoms with Crippen molar-refractivity contribution in [1.82, 2.24) is 0 Å². The van der Waals surface area contributed by atoms with Crippen molar-refractivity contribution in [1.29, 1.82) is 0 Å². The van der Waals surface area contributed by atoms with Gasteiger partial charge in [-0.1, -0.05) is 11.6 Å². The molecule has 1 heterocycles. The summed E-state index contributed by atoms with van der Waals surface area (Å²) in [6.45, 7) is 0. The van der Waals surface area contributed by atoms with Crippen LogP contribution in [-0.4, -0.2) is 13.3 Å². The van der Waals surface area contributed by atoms with Gasteiger partial charge in [-0.3, -0.25) is 14.8 Å². The van der Waals surface area contributed by atoms with Gasteiger partial charge in [0.1, 0.15) is 15.7 Å². The van der Waals surface area contributed by atoms with E-state index >= 15 is 0 Å². The Morgan fingerprint density at radius 1 is 1.38 bits per heavy atom. The van der Waals surface area contributed by atoms with Crippen molar-refractivity contribution in [3.63, 3.8) is 0 Å². The second-order valence-electron chi connectivity index (χ2n) is 3.71. The Hall–Kier alpha value is -1.23. The zero-order valence-corrected chi connectivity index (χ0v) is 13.8. The lowest BCUT2D eigenvalue weighted by molar-refractivity contribution is -0.384. The summed E-state index contributed by atoms with van der Waals surface area (Å²) in [5, 5.41) is 11.0. The predicted molar refractivity (Wildman–Crippen MR) is 80.9 cm³/mol. The van der Waals surface area contributed by atoms with Crippen molar-refractivity contribution >= 4 is 60.3 Å². The summed E-state index contributed by atoms with van der Waals surface area (Å²) in [4.78, 5) is 9.96. The van der Waals surface area contributed by atoms with E-state index in [9.17, 15) is 22.9 Å². The van der Waals surface area contributed by atoms with Crippen molar-refractivity contribution < 1.29 is 17.7 Å². The Kier molecular flexibility index (Phi) is 4.51. The van der Waals surface area contributed by atoms with E-state index in [-0.39, 0.29) is 14.9 Å². The lowest BCUT2D eigenvalue weighted by Crippen LogP contribution is -2.12. The molecule has 1 aromatic heterocycles. The Morgan fingerprint density at radius 3 is 2.57 bits per heavy atom. The molecule has 11 heteroatoms. The maximum atomic E-state index is 13.0. The summed E-state index contributed by atoms with van der Waals surface area (Å²) in [6, 6.07) is 3.74. The van der Waals surface area contributed by atoms with Crippen LogP contribution in [0, 0.1) is 15.9 Å². The van der Waals surface area contributed by atoms with Crippen LogP contribution in [0.3, 0.4) is 0 Å². The smallest absolute Gasteiger partial charge is 0.272 e. The highest BCUT2D eigenvalue weighted by Gasteiger charge is 2.24. The van der Waals surface area contributed by atoms with E-state index in [1.807, 2.05) is 4.72 Å². The molecular formula is C10H5BrClFN2O4S2. The first-order valence-electron chi connectivity index (χ1n) is 5.12. The molecule has 0 unspecified atom stereocenters. The molecule has 0 amide bonds.